The zero-order valence-corrected chi connectivity index (χ0v) is 18.4. The number of amides is 1. The monoisotopic (exact) mass is 493 g/mol. The molecule has 0 aliphatic carbocycles. The van der Waals surface area contributed by atoms with Crippen molar-refractivity contribution in [3.8, 4) is 11.5 Å². The maximum Gasteiger partial charge on any atom is 0.243 e. The van der Waals surface area contributed by atoms with Crippen LogP contribution in [0.25, 0.3) is 0 Å². The summed E-state index contributed by atoms with van der Waals surface area (Å²) >= 11 is 3.30. The minimum atomic E-state index is -3.56. The van der Waals surface area contributed by atoms with E-state index in [0.717, 1.165) is 10.0 Å². The van der Waals surface area contributed by atoms with Gasteiger partial charge in [0.25, 0.3) is 0 Å². The molecule has 8 nitrogen and oxygen atoms in total. The second-order valence-corrected chi connectivity index (χ2v) is 9.83. The predicted octanol–water partition coefficient (Wildman–Crippen LogP) is 2.73. The first kappa shape index (κ1) is 20.8. The number of piperidine rings is 1. The van der Waals surface area contributed by atoms with Crippen LogP contribution in [0.5, 0.6) is 11.5 Å². The van der Waals surface area contributed by atoms with E-state index in [0.29, 0.717) is 37.4 Å². The van der Waals surface area contributed by atoms with Crippen LogP contribution >= 0.6 is 15.9 Å². The summed E-state index contributed by atoms with van der Waals surface area (Å²) in [5.74, 6) is 0.827. The fraction of sp³-hybridized carbons (Fsp3) is 0.300. The molecule has 2 aromatic carbocycles. The highest BCUT2D eigenvalue weighted by Gasteiger charge is 2.32. The number of nitrogens with one attached hydrogen (secondary N) is 1. The molecule has 0 spiro atoms. The SMILES string of the molecule is O=C(N/N=C\c1ccc2c(c1)OCO2)C1CCN(S(=O)(=O)c2ccc(Br)cc2)CC1. The van der Waals surface area contributed by atoms with Gasteiger partial charge in [0.1, 0.15) is 0 Å². The Morgan fingerprint density at radius 2 is 1.80 bits per heavy atom. The number of benzene rings is 2. The van der Waals surface area contributed by atoms with E-state index in [1.54, 1.807) is 36.4 Å². The van der Waals surface area contributed by atoms with Crippen molar-refractivity contribution >= 4 is 38.1 Å². The maximum atomic E-state index is 12.8. The Morgan fingerprint density at radius 3 is 2.53 bits per heavy atom. The molecule has 2 aromatic rings. The predicted molar refractivity (Wildman–Crippen MR) is 114 cm³/mol. The molecule has 0 saturated carbocycles. The molecular formula is C20H20BrN3O5S. The van der Waals surface area contributed by atoms with Crippen molar-refractivity contribution in [1.82, 2.24) is 9.73 Å². The summed E-state index contributed by atoms with van der Waals surface area (Å²) in [4.78, 5) is 12.6. The van der Waals surface area contributed by atoms with E-state index in [-0.39, 0.29) is 23.5 Å². The maximum absolute atomic E-state index is 12.8. The molecule has 0 radical (unpaired) electrons. The van der Waals surface area contributed by atoms with Crippen molar-refractivity contribution in [3.63, 3.8) is 0 Å². The highest BCUT2D eigenvalue weighted by Crippen LogP contribution is 2.32. The van der Waals surface area contributed by atoms with Crippen LogP contribution in [-0.2, 0) is 14.8 Å². The zero-order chi connectivity index (χ0) is 21.1. The highest BCUT2D eigenvalue weighted by atomic mass is 79.9. The largest absolute Gasteiger partial charge is 0.454 e. The quantitative estimate of drug-likeness (QED) is 0.510. The van der Waals surface area contributed by atoms with Gasteiger partial charge >= 0.3 is 0 Å². The average Bonchev–Trinajstić information content (AvgIpc) is 3.22. The fourth-order valence-corrected chi connectivity index (χ4v) is 5.10. The van der Waals surface area contributed by atoms with Crippen LogP contribution in [0.1, 0.15) is 18.4 Å². The first-order valence-corrected chi connectivity index (χ1v) is 11.6. The van der Waals surface area contributed by atoms with E-state index in [1.165, 1.54) is 10.5 Å². The molecule has 4 rings (SSSR count). The van der Waals surface area contributed by atoms with Gasteiger partial charge < -0.3 is 9.47 Å². The molecule has 2 aliphatic heterocycles. The topological polar surface area (TPSA) is 97.3 Å². The number of fused-ring (bicyclic) bond motifs is 1. The zero-order valence-electron chi connectivity index (χ0n) is 16.0. The third-order valence-corrected chi connectivity index (χ3v) is 7.50. The third kappa shape index (κ3) is 4.50. The normalized spacial score (nSPS) is 17.4. The number of hydrogen-bond donors (Lipinski definition) is 1. The number of ether oxygens (including phenoxy) is 2. The van der Waals surface area contributed by atoms with Crippen LogP contribution in [0.3, 0.4) is 0 Å². The molecule has 1 fully saturated rings. The van der Waals surface area contributed by atoms with E-state index >= 15 is 0 Å². The van der Waals surface area contributed by atoms with Gasteiger partial charge in [-0.2, -0.15) is 9.41 Å². The van der Waals surface area contributed by atoms with E-state index in [9.17, 15) is 13.2 Å². The molecule has 10 heteroatoms. The van der Waals surface area contributed by atoms with Gasteiger partial charge in [-0.1, -0.05) is 15.9 Å². The van der Waals surface area contributed by atoms with Gasteiger partial charge in [-0.25, -0.2) is 13.8 Å². The van der Waals surface area contributed by atoms with Crippen molar-refractivity contribution in [1.29, 1.82) is 0 Å². The Balaban J connectivity index is 1.30. The highest BCUT2D eigenvalue weighted by molar-refractivity contribution is 9.10. The van der Waals surface area contributed by atoms with Gasteiger partial charge in [-0.15, -0.1) is 0 Å². The Labute approximate surface area is 183 Å². The summed E-state index contributed by atoms with van der Waals surface area (Å²) in [5.41, 5.74) is 3.32. The van der Waals surface area contributed by atoms with Gasteiger partial charge in [-0.3, -0.25) is 4.79 Å². The molecule has 30 heavy (non-hydrogen) atoms. The number of halogens is 1. The van der Waals surface area contributed by atoms with Crippen molar-refractivity contribution < 1.29 is 22.7 Å². The molecule has 1 N–H and O–H groups in total. The average molecular weight is 494 g/mol. The summed E-state index contributed by atoms with van der Waals surface area (Å²) in [6.45, 7) is 0.785. The third-order valence-electron chi connectivity index (χ3n) is 5.06. The number of sulfonamides is 1. The van der Waals surface area contributed by atoms with Crippen LogP contribution in [0.2, 0.25) is 0 Å². The van der Waals surface area contributed by atoms with Crippen LogP contribution in [-0.4, -0.2) is 44.7 Å². The minimum Gasteiger partial charge on any atom is -0.454 e. The van der Waals surface area contributed by atoms with E-state index < -0.39 is 10.0 Å². The first-order valence-electron chi connectivity index (χ1n) is 9.42. The molecule has 158 valence electrons. The van der Waals surface area contributed by atoms with E-state index in [4.69, 9.17) is 9.47 Å². The lowest BCUT2D eigenvalue weighted by atomic mass is 9.98. The Morgan fingerprint density at radius 1 is 1.10 bits per heavy atom. The summed E-state index contributed by atoms with van der Waals surface area (Å²) in [6.07, 6.45) is 2.43. The van der Waals surface area contributed by atoms with Crippen molar-refractivity contribution in [2.75, 3.05) is 19.9 Å². The second-order valence-electron chi connectivity index (χ2n) is 6.98. The smallest absolute Gasteiger partial charge is 0.243 e. The number of carbonyl (C=O) groups excluding carboxylic acids is 1. The Kier molecular flexibility index (Phi) is 6.07. The molecule has 0 bridgehead atoms. The van der Waals surface area contributed by atoms with Gasteiger partial charge in [-0.05, 0) is 60.9 Å². The molecule has 2 heterocycles. The molecule has 1 saturated heterocycles. The number of hydrogen-bond acceptors (Lipinski definition) is 6. The van der Waals surface area contributed by atoms with Gasteiger partial charge in [0.05, 0.1) is 11.1 Å². The summed E-state index contributed by atoms with van der Waals surface area (Å²) in [7, 11) is -3.56. The summed E-state index contributed by atoms with van der Waals surface area (Å²) in [6, 6.07) is 11.9. The summed E-state index contributed by atoms with van der Waals surface area (Å²) in [5, 5.41) is 4.01. The van der Waals surface area contributed by atoms with E-state index in [2.05, 4.69) is 26.5 Å². The number of hydrazone groups is 1. The lowest BCUT2D eigenvalue weighted by Crippen LogP contribution is -2.42. The standard InChI is InChI=1S/C20H20BrN3O5S/c21-16-2-4-17(5-3-16)30(26,27)24-9-7-15(8-10-24)20(25)23-22-12-14-1-6-18-19(11-14)29-13-28-18/h1-6,11-12,15H,7-10,13H2,(H,23,25)/b22-12-. The van der Waals surface area contributed by atoms with Gasteiger partial charge in [0.15, 0.2) is 11.5 Å². The van der Waals surface area contributed by atoms with Crippen LogP contribution in [0, 0.1) is 5.92 Å². The second kappa shape index (κ2) is 8.75. The van der Waals surface area contributed by atoms with Gasteiger partial charge in [0, 0.05) is 23.5 Å². The molecule has 0 atom stereocenters. The van der Waals surface area contributed by atoms with Gasteiger partial charge in [0.2, 0.25) is 22.7 Å². The lowest BCUT2D eigenvalue weighted by Gasteiger charge is -2.30. The number of carbonyl (C=O) groups is 1. The van der Waals surface area contributed by atoms with Crippen LogP contribution in [0.15, 0.2) is 56.9 Å². The Hall–Kier alpha value is -2.43. The molecule has 1 amide bonds. The number of rotatable bonds is 5. The van der Waals surface area contributed by atoms with Crippen LogP contribution < -0.4 is 14.9 Å². The lowest BCUT2D eigenvalue weighted by molar-refractivity contribution is -0.126. The molecule has 0 aromatic heterocycles. The van der Waals surface area contributed by atoms with Crippen LogP contribution in [0.4, 0.5) is 0 Å². The van der Waals surface area contributed by atoms with Crippen molar-refractivity contribution in [2.45, 2.75) is 17.7 Å². The molecule has 2 aliphatic rings. The van der Waals surface area contributed by atoms with Crippen molar-refractivity contribution in [2.24, 2.45) is 11.0 Å². The first-order chi connectivity index (χ1) is 14.4. The molecular weight excluding hydrogens is 474 g/mol. The van der Waals surface area contributed by atoms with E-state index in [1.807, 2.05) is 6.07 Å². The Bertz CT molecular complexity index is 1060. The summed E-state index contributed by atoms with van der Waals surface area (Å²) < 4.78 is 38.3. The van der Waals surface area contributed by atoms with Crippen molar-refractivity contribution in [3.05, 3.63) is 52.5 Å². The molecule has 0 unspecified atom stereocenters. The number of nitrogens with zero attached hydrogens (tertiary/aromatic N) is 2. The minimum absolute atomic E-state index is 0.197. The fourth-order valence-electron chi connectivity index (χ4n) is 3.37.